The van der Waals surface area contributed by atoms with Crippen molar-refractivity contribution >= 4 is 11.8 Å². The molecule has 1 saturated carbocycles. The molecule has 1 atom stereocenters. The second-order valence-electron chi connectivity index (χ2n) is 11.8. The van der Waals surface area contributed by atoms with Gasteiger partial charge in [-0.05, 0) is 86.9 Å². The number of carbonyl (C=O) groups is 2. The van der Waals surface area contributed by atoms with Crippen molar-refractivity contribution < 1.29 is 19.4 Å². The SMILES string of the molecule is CCCCN1C(=O)[C@](C)(C2CCCCC2)NC(=O)C12CCN(Cc1ccc(Oc3ccc(O)cc3)cc1)CC2. The number of amides is 2. The molecule has 2 N–H and O–H groups in total. The summed E-state index contributed by atoms with van der Waals surface area (Å²) < 4.78 is 5.87. The molecule has 1 spiro atoms. The van der Waals surface area contributed by atoms with Crippen LogP contribution in [-0.4, -0.2) is 57.4 Å². The Labute approximate surface area is 232 Å². The largest absolute Gasteiger partial charge is 0.508 e. The number of hydrogen-bond donors (Lipinski definition) is 2. The number of aromatic hydroxyl groups is 1. The van der Waals surface area contributed by atoms with Gasteiger partial charge in [0.05, 0.1) is 0 Å². The Morgan fingerprint density at radius 3 is 2.18 bits per heavy atom. The van der Waals surface area contributed by atoms with Crippen LogP contribution in [0.25, 0.3) is 0 Å². The van der Waals surface area contributed by atoms with Crippen LogP contribution in [0.2, 0.25) is 0 Å². The summed E-state index contributed by atoms with van der Waals surface area (Å²) >= 11 is 0. The molecule has 5 rings (SSSR count). The maximum Gasteiger partial charge on any atom is 0.249 e. The van der Waals surface area contributed by atoms with E-state index in [2.05, 4.69) is 29.3 Å². The van der Waals surface area contributed by atoms with Crippen molar-refractivity contribution in [3.05, 3.63) is 54.1 Å². The number of carbonyl (C=O) groups excluding carboxylic acids is 2. The lowest BCUT2D eigenvalue weighted by Crippen LogP contribution is -2.78. The maximum absolute atomic E-state index is 14.1. The minimum absolute atomic E-state index is 0.0571. The van der Waals surface area contributed by atoms with Crippen molar-refractivity contribution in [3.8, 4) is 17.2 Å². The quantitative estimate of drug-likeness (QED) is 0.461. The first-order valence-corrected chi connectivity index (χ1v) is 14.8. The zero-order valence-corrected chi connectivity index (χ0v) is 23.5. The third-order valence-electron chi connectivity index (χ3n) is 9.24. The van der Waals surface area contributed by atoms with E-state index in [4.69, 9.17) is 4.74 Å². The molecule has 2 saturated heterocycles. The van der Waals surface area contributed by atoms with Crippen molar-refractivity contribution in [2.24, 2.45) is 5.92 Å². The van der Waals surface area contributed by atoms with Gasteiger partial charge in [-0.1, -0.05) is 44.7 Å². The standard InChI is InChI=1S/C32H43N3O4/c1-3-4-20-35-30(38)31(2,25-8-6-5-7-9-25)33-29(37)32(35)18-21-34(22-19-32)23-24-10-14-27(15-11-24)39-28-16-12-26(36)13-17-28/h10-17,25,36H,3-9,18-23H2,1-2H3,(H,33,37)/t31-/m0/s1. The van der Waals surface area contributed by atoms with Crippen LogP contribution in [0.4, 0.5) is 0 Å². The fraction of sp³-hybridized carbons (Fsp3) is 0.562. The number of phenolic OH excluding ortho intramolecular Hbond substituents is 1. The smallest absolute Gasteiger partial charge is 0.249 e. The van der Waals surface area contributed by atoms with Crippen LogP contribution >= 0.6 is 0 Å². The van der Waals surface area contributed by atoms with Gasteiger partial charge in [0, 0.05) is 26.2 Å². The number of nitrogens with one attached hydrogen (secondary N) is 1. The molecule has 39 heavy (non-hydrogen) atoms. The van der Waals surface area contributed by atoms with E-state index in [0.29, 0.717) is 25.1 Å². The molecule has 3 fully saturated rings. The molecule has 0 aromatic heterocycles. The maximum atomic E-state index is 14.1. The van der Waals surface area contributed by atoms with E-state index in [1.54, 1.807) is 24.3 Å². The second-order valence-corrected chi connectivity index (χ2v) is 11.8. The van der Waals surface area contributed by atoms with Gasteiger partial charge in [-0.3, -0.25) is 14.5 Å². The molecular formula is C32H43N3O4. The third-order valence-corrected chi connectivity index (χ3v) is 9.24. The van der Waals surface area contributed by atoms with Gasteiger partial charge in [0.1, 0.15) is 28.3 Å². The Bertz CT molecular complexity index is 1140. The molecule has 7 nitrogen and oxygen atoms in total. The molecule has 0 unspecified atom stereocenters. The van der Waals surface area contributed by atoms with Crippen molar-refractivity contribution in [1.82, 2.24) is 15.1 Å². The Hall–Kier alpha value is -3.06. The van der Waals surface area contributed by atoms with Crippen molar-refractivity contribution in [2.75, 3.05) is 19.6 Å². The molecule has 2 aromatic rings. The van der Waals surface area contributed by atoms with Gasteiger partial charge < -0.3 is 20.1 Å². The van der Waals surface area contributed by atoms with Gasteiger partial charge in [-0.2, -0.15) is 0 Å². The lowest BCUT2D eigenvalue weighted by molar-refractivity contribution is -0.169. The summed E-state index contributed by atoms with van der Waals surface area (Å²) in [5.74, 6) is 2.05. The van der Waals surface area contributed by atoms with Gasteiger partial charge in [-0.15, -0.1) is 0 Å². The average Bonchev–Trinajstić information content (AvgIpc) is 2.96. The fourth-order valence-corrected chi connectivity index (χ4v) is 6.74. The fourth-order valence-electron chi connectivity index (χ4n) is 6.74. The van der Waals surface area contributed by atoms with Crippen LogP contribution in [0, 0.1) is 5.92 Å². The zero-order valence-electron chi connectivity index (χ0n) is 23.5. The summed E-state index contributed by atoms with van der Waals surface area (Å²) in [6.45, 7) is 7.13. The van der Waals surface area contributed by atoms with E-state index in [-0.39, 0.29) is 23.5 Å². The predicted octanol–water partition coefficient (Wildman–Crippen LogP) is 5.62. The minimum Gasteiger partial charge on any atom is -0.508 e. The van der Waals surface area contributed by atoms with Crippen molar-refractivity contribution in [2.45, 2.75) is 89.3 Å². The lowest BCUT2D eigenvalue weighted by Gasteiger charge is -2.56. The van der Waals surface area contributed by atoms with Crippen LogP contribution in [-0.2, 0) is 16.1 Å². The Morgan fingerprint density at radius 1 is 0.949 bits per heavy atom. The van der Waals surface area contributed by atoms with Crippen LogP contribution in [0.1, 0.15) is 77.2 Å². The molecule has 2 aliphatic heterocycles. The summed E-state index contributed by atoms with van der Waals surface area (Å²) in [5, 5.41) is 12.7. The summed E-state index contributed by atoms with van der Waals surface area (Å²) in [6, 6.07) is 14.7. The van der Waals surface area contributed by atoms with Gasteiger partial charge in [0.15, 0.2) is 0 Å². The summed E-state index contributed by atoms with van der Waals surface area (Å²) in [4.78, 5) is 32.3. The van der Waals surface area contributed by atoms with Gasteiger partial charge in [0.25, 0.3) is 0 Å². The highest BCUT2D eigenvalue weighted by molar-refractivity contribution is 6.02. The highest BCUT2D eigenvalue weighted by Crippen LogP contribution is 2.42. The first kappa shape index (κ1) is 27.5. The number of phenols is 1. The zero-order chi connectivity index (χ0) is 27.5. The molecule has 2 heterocycles. The van der Waals surface area contributed by atoms with Gasteiger partial charge in [0.2, 0.25) is 11.8 Å². The van der Waals surface area contributed by atoms with Gasteiger partial charge in [-0.25, -0.2) is 0 Å². The highest BCUT2D eigenvalue weighted by Gasteiger charge is 2.59. The van der Waals surface area contributed by atoms with E-state index in [9.17, 15) is 14.7 Å². The highest BCUT2D eigenvalue weighted by atomic mass is 16.5. The van der Waals surface area contributed by atoms with Crippen LogP contribution in [0.15, 0.2) is 48.5 Å². The van der Waals surface area contributed by atoms with Crippen LogP contribution < -0.4 is 10.1 Å². The number of rotatable bonds is 8. The number of hydrogen-bond acceptors (Lipinski definition) is 5. The van der Waals surface area contributed by atoms with Crippen LogP contribution in [0.3, 0.4) is 0 Å². The van der Waals surface area contributed by atoms with Crippen molar-refractivity contribution in [3.63, 3.8) is 0 Å². The first-order valence-electron chi connectivity index (χ1n) is 14.8. The molecule has 7 heteroatoms. The van der Waals surface area contributed by atoms with E-state index in [1.807, 2.05) is 24.0 Å². The van der Waals surface area contributed by atoms with Crippen LogP contribution in [0.5, 0.6) is 17.2 Å². The van der Waals surface area contributed by atoms with Gasteiger partial charge >= 0.3 is 0 Å². The number of piperazine rings is 1. The number of ether oxygens (including phenoxy) is 1. The molecule has 2 amide bonds. The Kier molecular flexibility index (Phi) is 8.17. The minimum atomic E-state index is -0.780. The Balaban J connectivity index is 1.24. The monoisotopic (exact) mass is 533 g/mol. The molecule has 210 valence electrons. The first-order chi connectivity index (χ1) is 18.8. The van der Waals surface area contributed by atoms with Crippen molar-refractivity contribution in [1.29, 1.82) is 0 Å². The van der Waals surface area contributed by atoms with E-state index >= 15 is 0 Å². The summed E-state index contributed by atoms with van der Waals surface area (Å²) in [5.41, 5.74) is -0.336. The number of likely N-dealkylation sites (tertiary alicyclic amines) is 1. The molecule has 3 aliphatic rings. The van der Waals surface area contributed by atoms with E-state index in [0.717, 1.165) is 63.9 Å². The number of piperidine rings is 1. The number of unbranched alkanes of at least 4 members (excludes halogenated alkanes) is 1. The molecule has 1 aliphatic carbocycles. The third kappa shape index (κ3) is 5.65. The lowest BCUT2D eigenvalue weighted by atomic mass is 9.70. The normalized spacial score (nSPS) is 24.1. The van der Waals surface area contributed by atoms with E-state index < -0.39 is 11.1 Å². The number of benzene rings is 2. The molecule has 0 radical (unpaired) electrons. The molecular weight excluding hydrogens is 490 g/mol. The second kappa shape index (κ2) is 11.6. The van der Waals surface area contributed by atoms with E-state index in [1.165, 1.54) is 12.0 Å². The Morgan fingerprint density at radius 2 is 1.56 bits per heavy atom. The predicted molar refractivity (Wildman–Crippen MR) is 152 cm³/mol. The average molecular weight is 534 g/mol. The summed E-state index contributed by atoms with van der Waals surface area (Å²) in [7, 11) is 0. The topological polar surface area (TPSA) is 82.1 Å². The molecule has 0 bridgehead atoms. The number of nitrogens with zero attached hydrogens (tertiary/aromatic N) is 2. The molecule has 2 aromatic carbocycles. The summed E-state index contributed by atoms with van der Waals surface area (Å²) in [6.07, 6.45) is 8.79.